The maximum atomic E-state index is 11.5. The van der Waals surface area contributed by atoms with Gasteiger partial charge in [0.15, 0.2) is 0 Å². The van der Waals surface area contributed by atoms with Crippen LogP contribution in [0.2, 0.25) is 0 Å². The highest BCUT2D eigenvalue weighted by Crippen LogP contribution is 2.40. The molecule has 2 bridgehead atoms. The summed E-state index contributed by atoms with van der Waals surface area (Å²) in [7, 11) is 0. The lowest BCUT2D eigenvalue weighted by Crippen LogP contribution is -2.34. The molecular formula is C15H24O2. The minimum absolute atomic E-state index is 0.162. The van der Waals surface area contributed by atoms with Crippen molar-refractivity contribution in [2.75, 3.05) is 0 Å². The highest BCUT2D eigenvalue weighted by atomic mass is 16.6. The van der Waals surface area contributed by atoms with Crippen LogP contribution in [0.4, 0.5) is 0 Å². The molecule has 0 aromatic heterocycles. The summed E-state index contributed by atoms with van der Waals surface area (Å²) < 4.78 is 5.73. The second-order valence-corrected chi connectivity index (χ2v) is 5.70. The molecular weight excluding hydrogens is 212 g/mol. The van der Waals surface area contributed by atoms with Crippen molar-refractivity contribution < 1.29 is 9.53 Å². The Labute approximate surface area is 104 Å². The van der Waals surface area contributed by atoms with Gasteiger partial charge >= 0.3 is 5.97 Å². The largest absolute Gasteiger partial charge is 0.456 e. The predicted octanol–water partition coefficient (Wildman–Crippen LogP) is 4.00. The monoisotopic (exact) mass is 236 g/mol. The van der Waals surface area contributed by atoms with Gasteiger partial charge in [-0.1, -0.05) is 32.3 Å². The molecule has 0 N–H and O–H groups in total. The summed E-state index contributed by atoms with van der Waals surface area (Å²) in [6, 6.07) is 0. The highest BCUT2D eigenvalue weighted by molar-refractivity contribution is 5.81. The fraction of sp³-hybridized carbons (Fsp3) is 0.800. The van der Waals surface area contributed by atoms with Gasteiger partial charge in [-0.15, -0.1) is 0 Å². The van der Waals surface area contributed by atoms with Gasteiger partial charge in [-0.25, -0.2) is 4.79 Å². The number of carbonyl (C=O) groups excluding carboxylic acids is 1. The first-order chi connectivity index (χ1) is 8.24. The number of ether oxygens (including phenoxy) is 1. The van der Waals surface area contributed by atoms with Gasteiger partial charge in [0.25, 0.3) is 0 Å². The lowest BCUT2D eigenvalue weighted by molar-refractivity contribution is -0.156. The summed E-state index contributed by atoms with van der Waals surface area (Å²) in [5, 5.41) is 0. The van der Waals surface area contributed by atoms with Crippen molar-refractivity contribution in [3.8, 4) is 0 Å². The summed E-state index contributed by atoms with van der Waals surface area (Å²) in [5.41, 5.74) is -0.162. The molecule has 2 unspecified atom stereocenters. The van der Waals surface area contributed by atoms with Crippen LogP contribution in [0.1, 0.15) is 64.2 Å². The van der Waals surface area contributed by atoms with E-state index in [2.05, 4.69) is 6.58 Å². The average Bonchev–Trinajstić information content (AvgIpc) is 2.47. The first kappa shape index (κ1) is 12.7. The minimum Gasteiger partial charge on any atom is -0.456 e. The van der Waals surface area contributed by atoms with Gasteiger partial charge in [0.1, 0.15) is 5.60 Å². The van der Waals surface area contributed by atoms with E-state index in [-0.39, 0.29) is 11.6 Å². The molecule has 0 saturated heterocycles. The van der Waals surface area contributed by atoms with Gasteiger partial charge in [0.05, 0.1) is 0 Å². The number of hydrogen-bond acceptors (Lipinski definition) is 2. The van der Waals surface area contributed by atoms with E-state index >= 15 is 0 Å². The van der Waals surface area contributed by atoms with Crippen LogP contribution in [0.3, 0.4) is 0 Å². The minimum atomic E-state index is -0.234. The lowest BCUT2D eigenvalue weighted by Gasteiger charge is -2.32. The van der Waals surface area contributed by atoms with Gasteiger partial charge in [0, 0.05) is 6.08 Å². The quantitative estimate of drug-likeness (QED) is 0.535. The number of hydrogen-bond donors (Lipinski definition) is 0. The van der Waals surface area contributed by atoms with Crippen LogP contribution in [0.15, 0.2) is 12.7 Å². The van der Waals surface area contributed by atoms with Crippen molar-refractivity contribution in [3.05, 3.63) is 12.7 Å². The van der Waals surface area contributed by atoms with Gasteiger partial charge < -0.3 is 4.74 Å². The zero-order valence-electron chi connectivity index (χ0n) is 10.7. The van der Waals surface area contributed by atoms with E-state index in [1.165, 1.54) is 51.0 Å². The van der Waals surface area contributed by atoms with Gasteiger partial charge in [-0.2, -0.15) is 0 Å². The molecule has 0 aliphatic heterocycles. The molecule has 2 atom stereocenters. The van der Waals surface area contributed by atoms with E-state index in [0.717, 1.165) is 25.2 Å². The third-order valence-corrected chi connectivity index (χ3v) is 4.48. The molecule has 2 nitrogen and oxygen atoms in total. The molecule has 2 saturated carbocycles. The van der Waals surface area contributed by atoms with Gasteiger partial charge in [0.2, 0.25) is 0 Å². The van der Waals surface area contributed by atoms with Crippen LogP contribution in [-0.2, 0) is 9.53 Å². The Morgan fingerprint density at radius 3 is 2.65 bits per heavy atom. The maximum absolute atomic E-state index is 11.5. The fourth-order valence-electron chi connectivity index (χ4n) is 3.45. The standard InChI is InChI=1S/C15H24O2/c1-2-14(16)17-15-10-5-3-4-7-13(9-12-15)8-6-11-15/h2,13H,1,3-12H2. The Morgan fingerprint density at radius 1 is 1.06 bits per heavy atom. The van der Waals surface area contributed by atoms with Crippen LogP contribution in [0, 0.1) is 5.92 Å². The Bertz CT molecular complexity index is 285. The third kappa shape index (κ3) is 3.34. The molecule has 0 radical (unpaired) electrons. The molecule has 96 valence electrons. The number of carbonyl (C=O) groups is 1. The third-order valence-electron chi connectivity index (χ3n) is 4.48. The van der Waals surface area contributed by atoms with Gasteiger partial charge in [-0.05, 0) is 44.4 Å². The molecule has 0 amide bonds. The number of fused-ring (bicyclic) bond motifs is 3. The van der Waals surface area contributed by atoms with Crippen molar-refractivity contribution in [3.63, 3.8) is 0 Å². The zero-order valence-corrected chi connectivity index (χ0v) is 10.7. The molecule has 2 fully saturated rings. The van der Waals surface area contributed by atoms with Crippen molar-refractivity contribution in [2.24, 2.45) is 5.92 Å². The van der Waals surface area contributed by atoms with Crippen LogP contribution >= 0.6 is 0 Å². The molecule has 2 aliphatic rings. The molecule has 2 rings (SSSR count). The smallest absolute Gasteiger partial charge is 0.330 e. The molecule has 2 heteroatoms. The summed E-state index contributed by atoms with van der Waals surface area (Å²) in [6.45, 7) is 3.51. The Balaban J connectivity index is 2.09. The van der Waals surface area contributed by atoms with Gasteiger partial charge in [-0.3, -0.25) is 0 Å². The number of rotatable bonds is 2. The summed E-state index contributed by atoms with van der Waals surface area (Å²) in [5.74, 6) is 0.639. The molecule has 17 heavy (non-hydrogen) atoms. The molecule has 2 aliphatic carbocycles. The van der Waals surface area contributed by atoms with E-state index in [0.29, 0.717) is 0 Å². The van der Waals surface area contributed by atoms with E-state index < -0.39 is 0 Å². The topological polar surface area (TPSA) is 26.3 Å². The van der Waals surface area contributed by atoms with Crippen LogP contribution < -0.4 is 0 Å². The molecule has 0 aromatic carbocycles. The van der Waals surface area contributed by atoms with E-state index in [1.807, 2.05) is 0 Å². The summed E-state index contributed by atoms with van der Waals surface area (Å²) >= 11 is 0. The van der Waals surface area contributed by atoms with Crippen LogP contribution in [0.5, 0.6) is 0 Å². The second-order valence-electron chi connectivity index (χ2n) is 5.70. The summed E-state index contributed by atoms with van der Waals surface area (Å²) in [6.07, 6.45) is 13.5. The number of esters is 1. The van der Waals surface area contributed by atoms with Crippen molar-refractivity contribution in [2.45, 2.75) is 69.8 Å². The Kier molecular flexibility index (Phi) is 4.25. The first-order valence-electron chi connectivity index (χ1n) is 7.09. The van der Waals surface area contributed by atoms with E-state index in [1.54, 1.807) is 0 Å². The molecule has 0 heterocycles. The SMILES string of the molecule is C=CC(=O)OC12CCCCCC(CCC1)CC2. The second kappa shape index (κ2) is 5.70. The summed E-state index contributed by atoms with van der Waals surface area (Å²) in [4.78, 5) is 11.5. The van der Waals surface area contributed by atoms with Crippen molar-refractivity contribution >= 4 is 5.97 Å². The Hall–Kier alpha value is -0.790. The highest BCUT2D eigenvalue weighted by Gasteiger charge is 2.36. The van der Waals surface area contributed by atoms with Crippen LogP contribution in [0.25, 0.3) is 0 Å². The zero-order chi connectivity index (χ0) is 12.1. The van der Waals surface area contributed by atoms with Crippen LogP contribution in [-0.4, -0.2) is 11.6 Å². The fourth-order valence-corrected chi connectivity index (χ4v) is 3.45. The van der Waals surface area contributed by atoms with Crippen molar-refractivity contribution in [1.82, 2.24) is 0 Å². The first-order valence-corrected chi connectivity index (χ1v) is 7.09. The van der Waals surface area contributed by atoms with E-state index in [4.69, 9.17) is 4.74 Å². The maximum Gasteiger partial charge on any atom is 0.330 e. The molecule has 0 spiro atoms. The normalized spacial score (nSPS) is 34.0. The average molecular weight is 236 g/mol. The predicted molar refractivity (Wildman–Crippen MR) is 68.7 cm³/mol. The molecule has 0 aromatic rings. The Morgan fingerprint density at radius 2 is 1.82 bits per heavy atom. The lowest BCUT2D eigenvalue weighted by atomic mass is 9.88. The van der Waals surface area contributed by atoms with E-state index in [9.17, 15) is 4.79 Å². The van der Waals surface area contributed by atoms with Crippen molar-refractivity contribution in [1.29, 1.82) is 0 Å².